The topological polar surface area (TPSA) is 49.9 Å². The quantitative estimate of drug-likeness (QED) is 0.190. The largest absolute Gasteiger partial charge is 0.456 e. The molecule has 10 rings (SSSR count). The van der Waals surface area contributed by atoms with E-state index >= 15 is 0 Å². The highest BCUT2D eigenvalue weighted by atomic mass is 16.3. The molecule has 1 aliphatic heterocycles. The van der Waals surface area contributed by atoms with E-state index in [1.54, 1.807) is 0 Å². The third kappa shape index (κ3) is 5.77. The predicted molar refractivity (Wildman–Crippen MR) is 219 cm³/mol. The number of rotatable bonds is 6. The highest BCUT2D eigenvalue weighted by Crippen LogP contribution is 2.40. The molecule has 1 atom stereocenters. The number of hydrogen-bond acceptors (Lipinski definition) is 4. The lowest BCUT2D eigenvalue weighted by Crippen LogP contribution is -2.33. The monoisotopic (exact) mass is 679 g/mol. The maximum absolute atomic E-state index is 6.41. The van der Waals surface area contributed by atoms with Crippen LogP contribution in [0.2, 0.25) is 0 Å². The van der Waals surface area contributed by atoms with Crippen molar-refractivity contribution in [2.75, 3.05) is 0 Å². The fourth-order valence-electron chi connectivity index (χ4n) is 7.40. The van der Waals surface area contributed by atoms with Gasteiger partial charge in [0.25, 0.3) is 0 Å². The van der Waals surface area contributed by atoms with Gasteiger partial charge in [0.15, 0.2) is 5.84 Å². The summed E-state index contributed by atoms with van der Waals surface area (Å²) in [6, 6.07) is 65.9. The molecule has 2 heterocycles. The van der Waals surface area contributed by atoms with Gasteiger partial charge in [-0.3, -0.25) is 0 Å². The molecular formula is C49H33N3O. The van der Waals surface area contributed by atoms with Gasteiger partial charge in [0.05, 0.1) is 0 Å². The molecule has 1 aromatic heterocycles. The average Bonchev–Trinajstić information content (AvgIpc) is 3.62. The van der Waals surface area contributed by atoms with Crippen LogP contribution in [0.3, 0.4) is 0 Å². The first-order valence-corrected chi connectivity index (χ1v) is 17.9. The minimum atomic E-state index is -0.322. The molecule has 250 valence electrons. The van der Waals surface area contributed by atoms with E-state index < -0.39 is 0 Å². The summed E-state index contributed by atoms with van der Waals surface area (Å²) in [6.07, 6.45) is -0.322. The van der Waals surface area contributed by atoms with E-state index in [1.807, 2.05) is 36.4 Å². The lowest BCUT2D eigenvalue weighted by atomic mass is 9.94. The smallest absolute Gasteiger partial charge is 0.159 e. The maximum Gasteiger partial charge on any atom is 0.159 e. The van der Waals surface area contributed by atoms with Crippen molar-refractivity contribution in [3.63, 3.8) is 0 Å². The first-order chi connectivity index (χ1) is 26.2. The number of aliphatic imine (C=N–C) groups is 2. The van der Waals surface area contributed by atoms with Crippen molar-refractivity contribution in [1.29, 1.82) is 0 Å². The van der Waals surface area contributed by atoms with Crippen LogP contribution in [0.25, 0.3) is 66.1 Å². The number of para-hydroxylation sites is 1. The molecule has 4 heteroatoms. The summed E-state index contributed by atoms with van der Waals surface area (Å²) in [5.74, 6) is 1.49. The van der Waals surface area contributed by atoms with Crippen LogP contribution in [-0.4, -0.2) is 11.7 Å². The Balaban J connectivity index is 1.01. The highest BCUT2D eigenvalue weighted by Gasteiger charge is 2.22. The van der Waals surface area contributed by atoms with E-state index in [1.165, 1.54) is 16.3 Å². The van der Waals surface area contributed by atoms with Crippen LogP contribution in [0.4, 0.5) is 0 Å². The van der Waals surface area contributed by atoms with Crippen LogP contribution >= 0.6 is 0 Å². The Morgan fingerprint density at radius 2 is 1.06 bits per heavy atom. The van der Waals surface area contributed by atoms with E-state index in [0.29, 0.717) is 5.84 Å². The Morgan fingerprint density at radius 1 is 0.434 bits per heavy atom. The van der Waals surface area contributed by atoms with Crippen molar-refractivity contribution in [3.05, 3.63) is 205 Å². The molecule has 4 nitrogen and oxygen atoms in total. The third-order valence-corrected chi connectivity index (χ3v) is 10.1. The predicted octanol–water partition coefficient (Wildman–Crippen LogP) is 12.2. The Kier molecular flexibility index (Phi) is 7.51. The van der Waals surface area contributed by atoms with Gasteiger partial charge in [-0.15, -0.1) is 0 Å². The van der Waals surface area contributed by atoms with Gasteiger partial charge in [-0.1, -0.05) is 164 Å². The van der Waals surface area contributed by atoms with Crippen LogP contribution < -0.4 is 5.32 Å². The Morgan fingerprint density at radius 3 is 1.85 bits per heavy atom. The van der Waals surface area contributed by atoms with Crippen molar-refractivity contribution in [1.82, 2.24) is 5.32 Å². The summed E-state index contributed by atoms with van der Waals surface area (Å²) in [6.45, 7) is 0. The fourth-order valence-corrected chi connectivity index (χ4v) is 7.40. The SMILES string of the molecule is c1ccc(C2=NC(c3ccc(-c4cc(-c5ccccc5)cc5oc6ccccc6c45)cc3)NC(c3ccc(-c4ccc5ccccc5c4)cc3)=N2)cc1. The summed E-state index contributed by atoms with van der Waals surface area (Å²) in [4.78, 5) is 10.2. The molecule has 53 heavy (non-hydrogen) atoms. The minimum absolute atomic E-state index is 0.322. The second-order valence-electron chi connectivity index (χ2n) is 13.4. The average molecular weight is 680 g/mol. The van der Waals surface area contributed by atoms with Crippen LogP contribution in [0.5, 0.6) is 0 Å². The molecule has 0 aliphatic carbocycles. The third-order valence-electron chi connectivity index (χ3n) is 10.1. The van der Waals surface area contributed by atoms with Crippen LogP contribution in [0, 0.1) is 0 Å². The van der Waals surface area contributed by atoms with E-state index in [9.17, 15) is 0 Å². The molecular weight excluding hydrogens is 647 g/mol. The van der Waals surface area contributed by atoms with Gasteiger partial charge in [-0.05, 0) is 74.0 Å². The summed E-state index contributed by atoms with van der Waals surface area (Å²) in [5, 5.41) is 8.36. The number of fused-ring (bicyclic) bond motifs is 4. The Bertz CT molecular complexity index is 2830. The normalized spacial score (nSPS) is 14.2. The Labute approximate surface area is 307 Å². The number of nitrogens with one attached hydrogen (secondary N) is 1. The van der Waals surface area contributed by atoms with Gasteiger partial charge < -0.3 is 9.73 Å². The van der Waals surface area contributed by atoms with Gasteiger partial charge >= 0.3 is 0 Å². The number of hydrogen-bond donors (Lipinski definition) is 1. The summed E-state index contributed by atoms with van der Waals surface area (Å²) < 4.78 is 6.41. The highest BCUT2D eigenvalue weighted by molar-refractivity contribution is 6.14. The molecule has 9 aromatic rings. The summed E-state index contributed by atoms with van der Waals surface area (Å²) in [7, 11) is 0. The zero-order valence-corrected chi connectivity index (χ0v) is 28.8. The van der Waals surface area contributed by atoms with Crippen LogP contribution in [-0.2, 0) is 0 Å². The van der Waals surface area contributed by atoms with Crippen molar-refractivity contribution in [3.8, 4) is 33.4 Å². The van der Waals surface area contributed by atoms with Crippen LogP contribution in [0.15, 0.2) is 202 Å². The summed E-state index contributed by atoms with van der Waals surface area (Å²) >= 11 is 0. The zero-order chi connectivity index (χ0) is 35.1. The Hall–Kier alpha value is -7.04. The van der Waals surface area contributed by atoms with Gasteiger partial charge in [0.2, 0.25) is 0 Å². The van der Waals surface area contributed by atoms with Gasteiger partial charge in [0.1, 0.15) is 23.2 Å². The molecule has 0 fully saturated rings. The van der Waals surface area contributed by atoms with Gasteiger partial charge in [-0.2, -0.15) is 0 Å². The minimum Gasteiger partial charge on any atom is -0.456 e. The molecule has 0 saturated carbocycles. The van der Waals surface area contributed by atoms with Gasteiger partial charge in [-0.25, -0.2) is 9.98 Å². The molecule has 1 unspecified atom stereocenters. The lowest BCUT2D eigenvalue weighted by molar-refractivity contribution is 0.669. The molecule has 0 radical (unpaired) electrons. The molecule has 1 N–H and O–H groups in total. The number of nitrogens with zero attached hydrogens (tertiary/aromatic N) is 2. The molecule has 1 aliphatic rings. The second kappa shape index (κ2) is 12.9. The molecule has 0 spiro atoms. The van der Waals surface area contributed by atoms with Crippen molar-refractivity contribution in [2.45, 2.75) is 6.17 Å². The summed E-state index contributed by atoms with van der Waals surface area (Å²) in [5.41, 5.74) is 11.7. The van der Waals surface area contributed by atoms with E-state index in [4.69, 9.17) is 14.4 Å². The zero-order valence-electron chi connectivity index (χ0n) is 28.8. The fraction of sp³-hybridized carbons (Fsp3) is 0.0204. The van der Waals surface area contributed by atoms with Crippen molar-refractivity contribution >= 4 is 44.4 Å². The van der Waals surface area contributed by atoms with Gasteiger partial charge in [0, 0.05) is 21.9 Å². The number of benzene rings is 8. The first kappa shape index (κ1) is 30.8. The molecule has 0 amide bonds. The standard InChI is InChI=1S/C49H33N3O/c1-3-11-32(12-4-1)41-30-43(46-42-17-9-10-18-44(42)53-45(46)31-41)35-22-26-38(27-23-35)49-51-47(36-14-5-2-6-15-36)50-48(52-49)37-24-19-34(20-25-37)40-28-21-33-13-7-8-16-39(33)29-40/h1-31,49H,(H,50,51,52). The second-order valence-corrected chi connectivity index (χ2v) is 13.4. The molecule has 0 saturated heterocycles. The number of furan rings is 1. The first-order valence-electron chi connectivity index (χ1n) is 17.9. The lowest BCUT2D eigenvalue weighted by Gasteiger charge is -2.24. The molecule has 0 bridgehead atoms. The van der Waals surface area contributed by atoms with E-state index in [2.05, 4.69) is 157 Å². The van der Waals surface area contributed by atoms with Crippen LogP contribution in [0.1, 0.15) is 22.9 Å². The van der Waals surface area contributed by atoms with Crippen molar-refractivity contribution < 1.29 is 4.42 Å². The van der Waals surface area contributed by atoms with E-state index in [-0.39, 0.29) is 6.17 Å². The van der Waals surface area contributed by atoms with Crippen molar-refractivity contribution in [2.24, 2.45) is 9.98 Å². The molecule has 8 aromatic carbocycles. The van der Waals surface area contributed by atoms with E-state index in [0.717, 1.165) is 72.3 Å². The maximum atomic E-state index is 6.41. The number of amidine groups is 2.